The molecule has 0 aliphatic carbocycles. The third-order valence-corrected chi connectivity index (χ3v) is 4.14. The largest absolute Gasteiger partial charge is 0.425 e. The van der Waals surface area contributed by atoms with Crippen molar-refractivity contribution in [2.45, 2.75) is 11.7 Å². The minimum Gasteiger partial charge on any atom is -0.312 e. The van der Waals surface area contributed by atoms with Gasteiger partial charge in [-0.2, -0.15) is 13.2 Å². The molecule has 1 aliphatic rings. The molecule has 0 saturated carbocycles. The van der Waals surface area contributed by atoms with Crippen molar-refractivity contribution in [2.75, 3.05) is 6.54 Å². The summed E-state index contributed by atoms with van der Waals surface area (Å²) in [6.45, 7) is -0.260. The first-order valence-electron chi connectivity index (χ1n) is 7.84. The second kappa shape index (κ2) is 6.67. The highest BCUT2D eigenvalue weighted by Crippen LogP contribution is 2.43. The molecule has 1 N–H and O–H groups in total. The lowest BCUT2D eigenvalue weighted by Gasteiger charge is -2.29. The van der Waals surface area contributed by atoms with E-state index in [0.29, 0.717) is 4.90 Å². The van der Waals surface area contributed by atoms with Gasteiger partial charge in [-0.15, -0.1) is 0 Å². The van der Waals surface area contributed by atoms with Gasteiger partial charge in [-0.1, -0.05) is 72.8 Å². The fourth-order valence-corrected chi connectivity index (χ4v) is 2.84. The number of carbonyl (C=O) groups is 2. The summed E-state index contributed by atoms with van der Waals surface area (Å²) in [5, 5.41) is 1.85. The lowest BCUT2D eigenvalue weighted by atomic mass is 9.89. The van der Waals surface area contributed by atoms with Crippen molar-refractivity contribution in [1.82, 2.24) is 10.2 Å². The first kappa shape index (κ1) is 17.7. The Morgan fingerprint density at radius 3 is 2.12 bits per heavy atom. The molecular formula is C19H15F3N2O2. The van der Waals surface area contributed by atoms with Crippen LogP contribution in [0.5, 0.6) is 0 Å². The molecule has 1 atom stereocenters. The van der Waals surface area contributed by atoms with E-state index in [1.807, 2.05) is 11.4 Å². The maximum atomic E-state index is 13.8. The molecular weight excluding hydrogens is 345 g/mol. The third kappa shape index (κ3) is 2.96. The van der Waals surface area contributed by atoms with Gasteiger partial charge in [-0.05, 0) is 11.1 Å². The number of nitrogens with one attached hydrogen (secondary N) is 1. The topological polar surface area (TPSA) is 49.4 Å². The van der Waals surface area contributed by atoms with Crippen LogP contribution in [0.1, 0.15) is 11.1 Å². The lowest BCUT2D eigenvalue weighted by molar-refractivity contribution is -0.198. The quantitative estimate of drug-likeness (QED) is 0.845. The summed E-state index contributed by atoms with van der Waals surface area (Å²) in [5.74, 6) is -1.33. The molecule has 0 aromatic heterocycles. The molecule has 1 fully saturated rings. The number of imide groups is 1. The number of hydrogen-bond donors (Lipinski definition) is 1. The maximum Gasteiger partial charge on any atom is 0.425 e. The number of halogens is 3. The van der Waals surface area contributed by atoms with Gasteiger partial charge in [-0.25, -0.2) is 4.79 Å². The van der Waals surface area contributed by atoms with E-state index in [-0.39, 0.29) is 12.1 Å². The van der Waals surface area contributed by atoms with Gasteiger partial charge in [0.25, 0.3) is 5.91 Å². The Hall–Kier alpha value is -3.09. The van der Waals surface area contributed by atoms with Crippen LogP contribution in [-0.4, -0.2) is 29.6 Å². The van der Waals surface area contributed by atoms with E-state index < -0.39 is 23.7 Å². The van der Waals surface area contributed by atoms with Gasteiger partial charge < -0.3 is 5.32 Å². The summed E-state index contributed by atoms with van der Waals surface area (Å²) < 4.78 is 41.4. The SMILES string of the molecule is O=C1NC(c2ccccc2)(C(F)(F)F)C(=O)N1C/C=C/c1ccccc1. The normalized spacial score (nSPS) is 20.7. The van der Waals surface area contributed by atoms with Crippen molar-refractivity contribution in [3.63, 3.8) is 0 Å². The second-order valence-electron chi connectivity index (χ2n) is 5.77. The Bertz CT molecular complexity index is 835. The first-order valence-corrected chi connectivity index (χ1v) is 7.84. The molecule has 1 heterocycles. The zero-order valence-corrected chi connectivity index (χ0v) is 13.5. The van der Waals surface area contributed by atoms with E-state index in [4.69, 9.17) is 0 Å². The van der Waals surface area contributed by atoms with Crippen LogP contribution in [0.15, 0.2) is 66.7 Å². The number of nitrogens with zero attached hydrogens (tertiary/aromatic N) is 1. The predicted molar refractivity (Wildman–Crippen MR) is 89.9 cm³/mol. The van der Waals surface area contributed by atoms with E-state index in [0.717, 1.165) is 5.56 Å². The Kier molecular flexibility index (Phi) is 4.54. The number of benzene rings is 2. The second-order valence-corrected chi connectivity index (χ2v) is 5.77. The molecule has 0 radical (unpaired) electrons. The van der Waals surface area contributed by atoms with Crippen molar-refractivity contribution in [1.29, 1.82) is 0 Å². The molecule has 1 unspecified atom stereocenters. The minimum absolute atomic E-state index is 0.260. The van der Waals surface area contributed by atoms with Gasteiger partial charge in [0, 0.05) is 6.54 Å². The molecule has 1 saturated heterocycles. The van der Waals surface area contributed by atoms with Gasteiger partial charge >= 0.3 is 12.2 Å². The highest BCUT2D eigenvalue weighted by molar-refractivity contribution is 6.08. The Morgan fingerprint density at radius 1 is 0.962 bits per heavy atom. The number of carbonyl (C=O) groups excluding carboxylic acids is 2. The van der Waals surface area contributed by atoms with Crippen LogP contribution in [-0.2, 0) is 10.3 Å². The van der Waals surface area contributed by atoms with Crippen molar-refractivity contribution in [3.05, 3.63) is 77.9 Å². The number of amides is 3. The molecule has 3 rings (SSSR count). The minimum atomic E-state index is -4.97. The van der Waals surface area contributed by atoms with Crippen LogP contribution in [0, 0.1) is 0 Å². The highest BCUT2D eigenvalue weighted by atomic mass is 19.4. The van der Waals surface area contributed by atoms with E-state index in [1.54, 1.807) is 30.3 Å². The van der Waals surface area contributed by atoms with E-state index in [9.17, 15) is 22.8 Å². The number of rotatable bonds is 4. The van der Waals surface area contributed by atoms with Crippen LogP contribution >= 0.6 is 0 Å². The Balaban J connectivity index is 1.90. The standard InChI is InChI=1S/C19H15F3N2O2/c20-19(21,22)18(15-11-5-2-6-12-15)16(25)24(17(26)23-18)13-7-10-14-8-3-1-4-9-14/h1-12H,13H2,(H,23,26)/b10-7+. The van der Waals surface area contributed by atoms with Crippen LogP contribution in [0.2, 0.25) is 0 Å². The molecule has 26 heavy (non-hydrogen) atoms. The van der Waals surface area contributed by atoms with E-state index in [1.165, 1.54) is 36.4 Å². The summed E-state index contributed by atoms with van der Waals surface area (Å²) >= 11 is 0. The zero-order chi connectivity index (χ0) is 18.8. The molecule has 4 nitrogen and oxygen atoms in total. The zero-order valence-electron chi connectivity index (χ0n) is 13.5. The first-order chi connectivity index (χ1) is 12.4. The van der Waals surface area contributed by atoms with Gasteiger partial charge in [0.1, 0.15) is 0 Å². The predicted octanol–water partition coefficient (Wildman–Crippen LogP) is 3.71. The van der Waals surface area contributed by atoms with Gasteiger partial charge in [0.05, 0.1) is 0 Å². The molecule has 0 spiro atoms. The van der Waals surface area contributed by atoms with E-state index in [2.05, 4.69) is 0 Å². The average molecular weight is 360 g/mol. The summed E-state index contributed by atoms with van der Waals surface area (Å²) in [6, 6.07) is 14.6. The van der Waals surface area contributed by atoms with Crippen LogP contribution in [0.25, 0.3) is 6.08 Å². The van der Waals surface area contributed by atoms with Crippen molar-refractivity contribution >= 4 is 18.0 Å². The van der Waals surface area contributed by atoms with Gasteiger partial charge in [0.15, 0.2) is 0 Å². The van der Waals surface area contributed by atoms with Crippen molar-refractivity contribution in [3.8, 4) is 0 Å². The molecule has 0 bridgehead atoms. The highest BCUT2D eigenvalue weighted by Gasteiger charge is 2.68. The van der Waals surface area contributed by atoms with Crippen LogP contribution < -0.4 is 5.32 Å². The van der Waals surface area contributed by atoms with Crippen molar-refractivity contribution < 1.29 is 22.8 Å². The van der Waals surface area contributed by atoms with Gasteiger partial charge in [-0.3, -0.25) is 9.69 Å². The lowest BCUT2D eigenvalue weighted by Crippen LogP contribution is -2.55. The van der Waals surface area contributed by atoms with Crippen LogP contribution in [0.4, 0.5) is 18.0 Å². The average Bonchev–Trinajstić information content (AvgIpc) is 2.89. The van der Waals surface area contributed by atoms with Crippen LogP contribution in [0.3, 0.4) is 0 Å². The molecule has 1 aliphatic heterocycles. The monoisotopic (exact) mass is 360 g/mol. The fraction of sp³-hybridized carbons (Fsp3) is 0.158. The molecule has 7 heteroatoms. The van der Waals surface area contributed by atoms with E-state index >= 15 is 0 Å². The summed E-state index contributed by atoms with van der Waals surface area (Å²) in [4.78, 5) is 25.3. The maximum absolute atomic E-state index is 13.8. The summed E-state index contributed by atoms with van der Waals surface area (Å²) in [6.07, 6.45) is -1.86. The summed E-state index contributed by atoms with van der Waals surface area (Å²) in [7, 11) is 0. The number of hydrogen-bond acceptors (Lipinski definition) is 2. The molecule has 3 amide bonds. The van der Waals surface area contributed by atoms with Crippen molar-refractivity contribution in [2.24, 2.45) is 0 Å². The number of urea groups is 1. The third-order valence-electron chi connectivity index (χ3n) is 4.14. The molecule has 2 aromatic rings. The Morgan fingerprint density at radius 2 is 1.54 bits per heavy atom. The fourth-order valence-electron chi connectivity index (χ4n) is 2.84. The van der Waals surface area contributed by atoms with Gasteiger partial charge in [0.2, 0.25) is 5.54 Å². The molecule has 2 aromatic carbocycles. The summed E-state index contributed by atoms with van der Waals surface area (Å²) in [5.41, 5.74) is -2.57. The smallest absolute Gasteiger partial charge is 0.312 e. The Labute approximate surface area is 147 Å². The number of alkyl halides is 3. The molecule has 134 valence electrons.